The van der Waals surface area contributed by atoms with E-state index in [1.165, 1.54) is 0 Å². The number of rotatable bonds is 2. The number of aromatic amines is 1. The van der Waals surface area contributed by atoms with Crippen molar-refractivity contribution in [3.8, 4) is 5.95 Å². The molecular weight excluding hydrogens is 294 g/mol. The Balaban J connectivity index is 0.000000188. The van der Waals surface area contributed by atoms with Crippen LogP contribution in [0.2, 0.25) is 0 Å². The summed E-state index contributed by atoms with van der Waals surface area (Å²) in [6, 6.07) is 7.63. The molecule has 0 fully saturated rings. The average molecular weight is 312 g/mol. The molecule has 4 aromatic rings. The van der Waals surface area contributed by atoms with Crippen LogP contribution in [-0.2, 0) is 14.1 Å². The van der Waals surface area contributed by atoms with Crippen molar-refractivity contribution in [3.05, 3.63) is 48.8 Å². The molecule has 0 aromatic carbocycles. The van der Waals surface area contributed by atoms with Crippen LogP contribution < -0.4 is 4.68 Å². The van der Waals surface area contributed by atoms with Crippen LogP contribution >= 0.6 is 0 Å². The van der Waals surface area contributed by atoms with Crippen molar-refractivity contribution in [2.24, 2.45) is 19.2 Å². The molecule has 118 valence electrons. The molecule has 4 heterocycles. The lowest BCUT2D eigenvalue weighted by molar-refractivity contribution is -0.721. The van der Waals surface area contributed by atoms with Gasteiger partial charge in [0.1, 0.15) is 12.2 Å². The van der Waals surface area contributed by atoms with E-state index in [9.17, 15) is 0 Å². The maximum absolute atomic E-state index is 7.12. The van der Waals surface area contributed by atoms with E-state index in [2.05, 4.69) is 20.3 Å². The van der Waals surface area contributed by atoms with Crippen LogP contribution in [0.4, 0.5) is 5.82 Å². The Hall–Kier alpha value is -3.23. The Morgan fingerprint density at radius 3 is 2.65 bits per heavy atom. The normalized spacial score (nSPS) is 10.6. The van der Waals surface area contributed by atoms with Crippen LogP contribution in [0.15, 0.2) is 48.1 Å². The van der Waals surface area contributed by atoms with Gasteiger partial charge in [0.25, 0.3) is 0 Å². The van der Waals surface area contributed by atoms with E-state index in [-0.39, 0.29) is 0 Å². The van der Waals surface area contributed by atoms with E-state index in [0.717, 1.165) is 17.4 Å². The predicted molar refractivity (Wildman–Crippen MR) is 82.8 cm³/mol. The number of nitrogens with zero attached hydrogens (tertiary/aromatic N) is 7. The fourth-order valence-electron chi connectivity index (χ4n) is 2.39. The molecule has 0 unspecified atom stereocenters. The van der Waals surface area contributed by atoms with Crippen molar-refractivity contribution in [2.75, 3.05) is 0 Å². The van der Waals surface area contributed by atoms with E-state index in [1.54, 1.807) is 17.1 Å². The fraction of sp³-hybridized carbons (Fsp3) is 0.214. The number of nitrogens with one attached hydrogen (secondary N) is 2. The summed E-state index contributed by atoms with van der Waals surface area (Å²) in [7, 11) is 3.77. The average Bonchev–Trinajstić information content (AvgIpc) is 3.25. The third kappa shape index (κ3) is 2.76. The van der Waals surface area contributed by atoms with Gasteiger partial charge >= 0.3 is 5.95 Å². The summed E-state index contributed by atoms with van der Waals surface area (Å²) in [5, 5.41) is 10.6. The number of H-pyrrole nitrogens is 1. The van der Waals surface area contributed by atoms with Crippen LogP contribution in [0, 0.1) is 12.5 Å². The van der Waals surface area contributed by atoms with E-state index >= 15 is 0 Å². The lowest BCUT2D eigenvalue weighted by atomic mass is 10.6. The van der Waals surface area contributed by atoms with Gasteiger partial charge in [0.15, 0.2) is 0 Å². The maximum atomic E-state index is 7.12. The Kier molecular flexibility index (Phi) is 3.75. The lowest BCUT2D eigenvalue weighted by Crippen LogP contribution is -2.35. The van der Waals surface area contributed by atoms with Crippen LogP contribution in [0.1, 0.15) is 5.82 Å². The highest BCUT2D eigenvalue weighted by Crippen LogP contribution is 2.17. The molecule has 0 aliphatic heterocycles. The highest BCUT2D eigenvalue weighted by Gasteiger charge is 2.19. The summed E-state index contributed by atoms with van der Waals surface area (Å²) >= 11 is 0. The zero-order valence-corrected chi connectivity index (χ0v) is 13.2. The number of aromatic nitrogens is 7. The van der Waals surface area contributed by atoms with Gasteiger partial charge in [-0.1, -0.05) is 0 Å². The molecule has 4 aromatic heterocycles. The van der Waals surface area contributed by atoms with Crippen molar-refractivity contribution in [3.63, 3.8) is 0 Å². The summed E-state index contributed by atoms with van der Waals surface area (Å²) in [6.45, 7) is 1.86. The zero-order chi connectivity index (χ0) is 16.4. The van der Waals surface area contributed by atoms with E-state index < -0.39 is 0 Å². The maximum Gasteiger partial charge on any atom is 0.394 e. The molecule has 0 aliphatic carbocycles. The zero-order valence-electron chi connectivity index (χ0n) is 13.2. The summed E-state index contributed by atoms with van der Waals surface area (Å²) in [5.41, 5.74) is 8.12. The van der Waals surface area contributed by atoms with Gasteiger partial charge in [-0.2, -0.15) is 18.7 Å². The monoisotopic (exact) mass is 312 g/mol. The van der Waals surface area contributed by atoms with Gasteiger partial charge in [0.05, 0.1) is 19.4 Å². The molecule has 23 heavy (non-hydrogen) atoms. The topological polar surface area (TPSA) is 95.9 Å². The molecule has 0 saturated carbocycles. The fourth-order valence-corrected chi connectivity index (χ4v) is 2.39. The molecular formula is C14H18N9+. The second kappa shape index (κ2) is 5.87. The minimum Gasteiger partial charge on any atom is -0.256 e. The van der Waals surface area contributed by atoms with Gasteiger partial charge in [-0.25, -0.2) is 15.6 Å². The molecule has 2 N–H and O–H groups in total. The highest BCUT2D eigenvalue weighted by molar-refractivity contribution is 5.43. The SMILES string of the molecule is C[n+]1[nH]c2cccn2c1-n1cccc1N=N.Cc1ncn(C)n1. The van der Waals surface area contributed by atoms with Crippen molar-refractivity contribution in [1.29, 1.82) is 5.53 Å². The molecule has 0 spiro atoms. The van der Waals surface area contributed by atoms with Crippen LogP contribution in [0.25, 0.3) is 11.6 Å². The van der Waals surface area contributed by atoms with E-state index in [4.69, 9.17) is 5.53 Å². The summed E-state index contributed by atoms with van der Waals surface area (Å²) in [6.07, 6.45) is 5.53. The highest BCUT2D eigenvalue weighted by atomic mass is 15.4. The van der Waals surface area contributed by atoms with Crippen molar-refractivity contribution in [1.82, 2.24) is 28.8 Å². The quantitative estimate of drug-likeness (QED) is 0.435. The Labute approximate surface area is 132 Å². The van der Waals surface area contributed by atoms with Crippen molar-refractivity contribution in [2.45, 2.75) is 6.92 Å². The van der Waals surface area contributed by atoms with Crippen LogP contribution in [-0.4, -0.2) is 28.8 Å². The van der Waals surface area contributed by atoms with Gasteiger partial charge in [0, 0.05) is 19.2 Å². The predicted octanol–water partition coefficient (Wildman–Crippen LogP) is 1.67. The van der Waals surface area contributed by atoms with Gasteiger partial charge in [0.2, 0.25) is 11.5 Å². The summed E-state index contributed by atoms with van der Waals surface area (Å²) < 4.78 is 7.44. The van der Waals surface area contributed by atoms with Gasteiger partial charge in [-0.15, -0.1) is 5.11 Å². The number of hydrogen-bond acceptors (Lipinski definition) is 4. The van der Waals surface area contributed by atoms with Crippen molar-refractivity contribution < 1.29 is 4.68 Å². The van der Waals surface area contributed by atoms with E-state index in [0.29, 0.717) is 5.82 Å². The Morgan fingerprint density at radius 1 is 1.26 bits per heavy atom. The molecule has 9 nitrogen and oxygen atoms in total. The number of hydrogen-bond donors (Lipinski definition) is 2. The second-order valence-electron chi connectivity index (χ2n) is 5.05. The molecule has 9 heteroatoms. The first-order chi connectivity index (χ1) is 11.1. The Bertz CT molecular complexity index is 920. The van der Waals surface area contributed by atoms with Crippen LogP contribution in [0.3, 0.4) is 0 Å². The molecule has 0 atom stereocenters. The third-order valence-corrected chi connectivity index (χ3v) is 3.32. The molecule has 0 saturated heterocycles. The van der Waals surface area contributed by atoms with Gasteiger partial charge < -0.3 is 0 Å². The summed E-state index contributed by atoms with van der Waals surface area (Å²) in [4.78, 5) is 3.87. The minimum absolute atomic E-state index is 0.602. The largest absolute Gasteiger partial charge is 0.394 e. The van der Waals surface area contributed by atoms with Gasteiger partial charge in [-0.05, 0) is 19.1 Å². The summed E-state index contributed by atoms with van der Waals surface area (Å²) in [5.74, 6) is 2.34. The third-order valence-electron chi connectivity index (χ3n) is 3.32. The first kappa shape index (κ1) is 14.7. The van der Waals surface area contributed by atoms with Crippen LogP contribution in [0.5, 0.6) is 0 Å². The second-order valence-corrected chi connectivity index (χ2v) is 5.05. The molecule has 4 rings (SSSR count). The minimum atomic E-state index is 0.602. The standard InChI is InChI=1S/C10H11N6.C4H7N3/c1-14-10(15-6-2-4-8(15)12-11)16-7-3-5-9(16)13-14;1-4-5-3-7(2)6-4/h2-7,11,13H,1H3;3H,1-2H3/q+1;. The number of fused-ring (bicyclic) bond motifs is 1. The molecule has 0 bridgehead atoms. The van der Waals surface area contributed by atoms with Crippen molar-refractivity contribution >= 4 is 11.5 Å². The van der Waals surface area contributed by atoms with Gasteiger partial charge in [-0.3, -0.25) is 4.68 Å². The molecule has 0 radical (unpaired) electrons. The smallest absolute Gasteiger partial charge is 0.256 e. The first-order valence-electron chi connectivity index (χ1n) is 7.02. The lowest BCUT2D eigenvalue weighted by Gasteiger charge is -1.96. The molecule has 0 aliphatic rings. The Morgan fingerprint density at radius 2 is 2.04 bits per heavy atom. The first-order valence-corrected chi connectivity index (χ1v) is 7.02. The number of aryl methyl sites for hydroxylation is 3. The van der Waals surface area contributed by atoms with E-state index in [1.807, 2.05) is 65.3 Å². The molecule has 0 amide bonds.